The molecule has 0 amide bonds. The Bertz CT molecular complexity index is 713. The maximum absolute atomic E-state index is 5.55. The number of nitrogen functional groups attached to an aromatic ring is 1. The Morgan fingerprint density at radius 1 is 1.14 bits per heavy atom. The minimum atomic E-state index is 0.466. The van der Waals surface area contributed by atoms with E-state index in [4.69, 9.17) is 5.84 Å². The average Bonchev–Trinajstić information content (AvgIpc) is 2.89. The number of nitrogens with two attached hydrogens (primary N) is 1. The highest BCUT2D eigenvalue weighted by Gasteiger charge is 2.51. The number of thiazole rings is 1. The van der Waals surface area contributed by atoms with Crippen molar-refractivity contribution in [1.29, 1.82) is 0 Å². The number of hydrogen-bond acceptors (Lipinski definition) is 4. The van der Waals surface area contributed by atoms with Gasteiger partial charge < -0.3 is 0 Å². The highest BCUT2D eigenvalue weighted by Crippen LogP contribution is 2.61. The highest BCUT2D eigenvalue weighted by atomic mass is 32.1. The zero-order valence-electron chi connectivity index (χ0n) is 13.1. The van der Waals surface area contributed by atoms with Crippen LogP contribution in [0.4, 0.5) is 5.13 Å². The van der Waals surface area contributed by atoms with E-state index in [0.717, 1.165) is 28.4 Å². The SMILES string of the molecule is Cc1cc(C23CC4CC(CC(C4)C2)C3)cc2sc(NN)nc12. The molecule has 6 rings (SSSR count). The first kappa shape index (κ1) is 13.3. The van der Waals surface area contributed by atoms with E-state index in [1.807, 2.05) is 0 Å². The van der Waals surface area contributed by atoms with Crippen LogP contribution in [0.1, 0.15) is 49.7 Å². The quantitative estimate of drug-likeness (QED) is 0.640. The number of hydrogen-bond donors (Lipinski definition) is 2. The molecule has 1 aromatic heterocycles. The second-order valence-electron chi connectivity index (χ2n) is 8.00. The second kappa shape index (κ2) is 4.45. The molecule has 1 aromatic carbocycles. The second-order valence-corrected chi connectivity index (χ2v) is 9.03. The molecule has 0 radical (unpaired) electrons. The van der Waals surface area contributed by atoms with E-state index in [1.54, 1.807) is 16.9 Å². The van der Waals surface area contributed by atoms with Crippen LogP contribution < -0.4 is 11.3 Å². The van der Waals surface area contributed by atoms with Crippen LogP contribution in [0.25, 0.3) is 10.2 Å². The van der Waals surface area contributed by atoms with Gasteiger partial charge in [-0.05, 0) is 85.8 Å². The number of benzene rings is 1. The predicted octanol–water partition coefficient (Wildman–Crippen LogP) is 4.36. The number of fused-ring (bicyclic) bond motifs is 1. The van der Waals surface area contributed by atoms with Crippen molar-refractivity contribution in [3.05, 3.63) is 23.3 Å². The molecule has 0 unspecified atom stereocenters. The molecular weight excluding hydrogens is 290 g/mol. The van der Waals surface area contributed by atoms with Gasteiger partial charge in [-0.2, -0.15) is 0 Å². The van der Waals surface area contributed by atoms with Crippen molar-refractivity contribution in [2.75, 3.05) is 5.43 Å². The van der Waals surface area contributed by atoms with Crippen LogP contribution in [0.3, 0.4) is 0 Å². The summed E-state index contributed by atoms with van der Waals surface area (Å²) >= 11 is 1.68. The summed E-state index contributed by atoms with van der Waals surface area (Å²) in [5.74, 6) is 8.52. The van der Waals surface area contributed by atoms with Gasteiger partial charge in [0.05, 0.1) is 10.2 Å². The van der Waals surface area contributed by atoms with Gasteiger partial charge in [0.15, 0.2) is 5.13 Å². The molecular formula is C18H23N3S. The van der Waals surface area contributed by atoms with Crippen molar-refractivity contribution in [2.24, 2.45) is 23.6 Å². The molecule has 4 aliphatic rings. The van der Waals surface area contributed by atoms with Gasteiger partial charge in [0, 0.05) is 0 Å². The van der Waals surface area contributed by atoms with Crippen molar-refractivity contribution in [3.8, 4) is 0 Å². The van der Waals surface area contributed by atoms with Gasteiger partial charge in [-0.1, -0.05) is 17.4 Å². The van der Waals surface area contributed by atoms with E-state index < -0.39 is 0 Å². The lowest BCUT2D eigenvalue weighted by Gasteiger charge is -2.57. The summed E-state index contributed by atoms with van der Waals surface area (Å²) < 4.78 is 1.29. The topological polar surface area (TPSA) is 50.9 Å². The number of hydrazine groups is 1. The lowest BCUT2D eigenvalue weighted by atomic mass is 9.48. The van der Waals surface area contributed by atoms with Crippen molar-refractivity contribution in [1.82, 2.24) is 4.98 Å². The zero-order chi connectivity index (χ0) is 14.9. The summed E-state index contributed by atoms with van der Waals surface area (Å²) in [4.78, 5) is 4.60. The summed E-state index contributed by atoms with van der Waals surface area (Å²) in [6, 6.07) is 4.85. The molecule has 116 valence electrons. The van der Waals surface area contributed by atoms with Crippen molar-refractivity contribution in [3.63, 3.8) is 0 Å². The Balaban J connectivity index is 1.64. The Morgan fingerprint density at radius 3 is 2.36 bits per heavy atom. The van der Waals surface area contributed by atoms with E-state index in [2.05, 4.69) is 29.5 Å². The van der Waals surface area contributed by atoms with Gasteiger partial charge in [0.2, 0.25) is 0 Å². The number of aryl methyl sites for hydroxylation is 1. The van der Waals surface area contributed by atoms with Gasteiger partial charge in [0.1, 0.15) is 0 Å². The summed E-state index contributed by atoms with van der Waals surface area (Å²) in [5, 5.41) is 0.820. The molecule has 4 aliphatic carbocycles. The molecule has 1 heterocycles. The van der Waals surface area contributed by atoms with Gasteiger partial charge in [-0.25, -0.2) is 10.8 Å². The lowest BCUT2D eigenvalue weighted by Crippen LogP contribution is -2.48. The molecule has 4 fully saturated rings. The normalized spacial score (nSPS) is 36.2. The van der Waals surface area contributed by atoms with Crippen molar-refractivity contribution < 1.29 is 0 Å². The predicted molar refractivity (Wildman–Crippen MR) is 92.0 cm³/mol. The molecule has 0 saturated heterocycles. The summed E-state index contributed by atoms with van der Waals surface area (Å²) in [5.41, 5.74) is 7.18. The van der Waals surface area contributed by atoms with Crippen LogP contribution >= 0.6 is 11.3 Å². The largest absolute Gasteiger partial charge is 0.300 e. The van der Waals surface area contributed by atoms with E-state index >= 15 is 0 Å². The van der Waals surface area contributed by atoms with Gasteiger partial charge >= 0.3 is 0 Å². The monoisotopic (exact) mass is 313 g/mol. The van der Waals surface area contributed by atoms with E-state index in [-0.39, 0.29) is 0 Å². The number of anilines is 1. The van der Waals surface area contributed by atoms with Crippen LogP contribution in [0.2, 0.25) is 0 Å². The molecule has 3 nitrogen and oxygen atoms in total. The van der Waals surface area contributed by atoms with Gasteiger partial charge in [-0.15, -0.1) is 0 Å². The Labute approximate surface area is 135 Å². The molecule has 4 bridgehead atoms. The first-order chi connectivity index (χ1) is 10.6. The summed E-state index contributed by atoms with van der Waals surface area (Å²) in [7, 11) is 0. The molecule has 22 heavy (non-hydrogen) atoms. The first-order valence-electron chi connectivity index (χ1n) is 8.53. The minimum absolute atomic E-state index is 0.466. The molecule has 0 atom stereocenters. The van der Waals surface area contributed by atoms with Crippen LogP contribution in [-0.2, 0) is 5.41 Å². The third-order valence-electron chi connectivity index (χ3n) is 6.46. The Kier molecular flexibility index (Phi) is 2.70. The van der Waals surface area contributed by atoms with Crippen LogP contribution in [-0.4, -0.2) is 4.98 Å². The minimum Gasteiger partial charge on any atom is -0.300 e. The molecule has 0 spiro atoms. The number of nitrogens with zero attached hydrogens (tertiary/aromatic N) is 1. The number of aromatic nitrogens is 1. The van der Waals surface area contributed by atoms with Crippen LogP contribution in [0.5, 0.6) is 0 Å². The van der Waals surface area contributed by atoms with Crippen molar-refractivity contribution in [2.45, 2.75) is 50.9 Å². The van der Waals surface area contributed by atoms with Crippen LogP contribution in [0, 0.1) is 24.7 Å². The molecule has 0 aliphatic heterocycles. The van der Waals surface area contributed by atoms with E-state index in [9.17, 15) is 0 Å². The number of rotatable bonds is 2. The van der Waals surface area contributed by atoms with Crippen LogP contribution in [0.15, 0.2) is 12.1 Å². The van der Waals surface area contributed by atoms with Crippen molar-refractivity contribution >= 4 is 26.7 Å². The first-order valence-corrected chi connectivity index (χ1v) is 9.35. The molecule has 3 N–H and O–H groups in total. The summed E-state index contributed by atoms with van der Waals surface area (Å²) in [6.45, 7) is 2.20. The molecule has 4 heteroatoms. The number of nitrogens with one attached hydrogen (secondary N) is 1. The fraction of sp³-hybridized carbons (Fsp3) is 0.611. The molecule has 4 saturated carbocycles. The van der Waals surface area contributed by atoms with Gasteiger partial charge in [-0.3, -0.25) is 5.43 Å². The fourth-order valence-electron chi connectivity index (χ4n) is 6.03. The zero-order valence-corrected chi connectivity index (χ0v) is 13.9. The maximum atomic E-state index is 5.55. The van der Waals surface area contributed by atoms with E-state index in [1.165, 1.54) is 48.8 Å². The lowest BCUT2D eigenvalue weighted by molar-refractivity contribution is -0.00514. The average molecular weight is 313 g/mol. The Hall–Kier alpha value is -1.13. The fourth-order valence-corrected chi connectivity index (χ4v) is 6.92. The Morgan fingerprint density at radius 2 is 1.77 bits per heavy atom. The third-order valence-corrected chi connectivity index (χ3v) is 7.39. The van der Waals surface area contributed by atoms with Gasteiger partial charge in [0.25, 0.3) is 0 Å². The van der Waals surface area contributed by atoms with E-state index in [0.29, 0.717) is 5.41 Å². The standard InChI is InChI=1S/C18H23N3S/c1-10-2-14(6-15-16(10)20-17(21-19)22-15)18-7-11-3-12(8-18)5-13(4-11)9-18/h2,6,11-13H,3-5,7-9,19H2,1H3,(H,20,21). The highest BCUT2D eigenvalue weighted by molar-refractivity contribution is 7.22. The smallest absolute Gasteiger partial charge is 0.198 e. The third kappa shape index (κ3) is 1.80. The summed E-state index contributed by atoms with van der Waals surface area (Å²) in [6.07, 6.45) is 8.77. The molecule has 2 aromatic rings. The maximum Gasteiger partial charge on any atom is 0.198 e.